The van der Waals surface area contributed by atoms with Gasteiger partial charge < -0.3 is 4.74 Å². The van der Waals surface area contributed by atoms with Gasteiger partial charge in [0.2, 0.25) is 10.0 Å². The van der Waals surface area contributed by atoms with Crippen LogP contribution >= 0.6 is 11.3 Å². The Bertz CT molecular complexity index is 767. The molecule has 3 heterocycles. The Kier molecular flexibility index (Phi) is 5.83. The van der Waals surface area contributed by atoms with Crippen molar-refractivity contribution in [1.29, 1.82) is 0 Å². The molecular formula is C14H23N3O5S3. The number of hydrogen-bond donors (Lipinski definition) is 0. The van der Waals surface area contributed by atoms with Crippen LogP contribution in [0.2, 0.25) is 0 Å². The highest BCUT2D eigenvalue weighted by Crippen LogP contribution is 2.27. The number of nitrogens with zero attached hydrogens (tertiary/aromatic N) is 3. The van der Waals surface area contributed by atoms with Gasteiger partial charge in [-0.2, -0.15) is 8.61 Å². The number of morpholine rings is 1. The second-order valence-corrected chi connectivity index (χ2v) is 11.3. The SMILES string of the molecule is CS(=O)(=O)N(CCN1CCOCC1)C1CN(S(=O)(=O)c2cccs2)C1. The standard InChI is InChI=1S/C14H23N3O5S3/c1-24(18,19)17(5-4-15-6-8-22-9-7-15)13-11-16(12-13)25(20,21)14-3-2-10-23-14/h2-3,10,13H,4-9,11-12H2,1H3. The van der Waals surface area contributed by atoms with Crippen molar-refractivity contribution in [2.75, 3.05) is 58.7 Å². The van der Waals surface area contributed by atoms with Crippen LogP contribution in [-0.2, 0) is 24.8 Å². The van der Waals surface area contributed by atoms with Gasteiger partial charge in [0.05, 0.1) is 25.5 Å². The number of rotatable bonds is 7. The number of hydrogen-bond acceptors (Lipinski definition) is 7. The fourth-order valence-electron chi connectivity index (χ4n) is 3.02. The third kappa shape index (κ3) is 4.41. The van der Waals surface area contributed by atoms with Crippen LogP contribution in [0.25, 0.3) is 0 Å². The fourth-order valence-corrected chi connectivity index (χ4v) is 6.76. The van der Waals surface area contributed by atoms with Crippen LogP contribution in [0.3, 0.4) is 0 Å². The van der Waals surface area contributed by atoms with Crippen molar-refractivity contribution in [2.45, 2.75) is 10.3 Å². The highest BCUT2D eigenvalue weighted by molar-refractivity contribution is 7.91. The van der Waals surface area contributed by atoms with Crippen molar-refractivity contribution in [2.24, 2.45) is 0 Å². The van der Waals surface area contributed by atoms with Gasteiger partial charge in [-0.05, 0) is 11.4 Å². The monoisotopic (exact) mass is 409 g/mol. The highest BCUT2D eigenvalue weighted by atomic mass is 32.2. The van der Waals surface area contributed by atoms with Crippen LogP contribution in [-0.4, -0.2) is 95.1 Å². The van der Waals surface area contributed by atoms with Gasteiger partial charge in [0.1, 0.15) is 4.21 Å². The zero-order chi connectivity index (χ0) is 18.1. The van der Waals surface area contributed by atoms with Crippen LogP contribution < -0.4 is 0 Å². The van der Waals surface area contributed by atoms with Crippen LogP contribution in [0.4, 0.5) is 0 Å². The first-order valence-corrected chi connectivity index (χ1v) is 12.3. The predicted octanol–water partition coefficient (Wildman–Crippen LogP) is -0.285. The summed E-state index contributed by atoms with van der Waals surface area (Å²) in [5, 5.41) is 1.72. The minimum atomic E-state index is -3.50. The van der Waals surface area contributed by atoms with E-state index in [9.17, 15) is 16.8 Å². The van der Waals surface area contributed by atoms with E-state index >= 15 is 0 Å². The summed E-state index contributed by atoms with van der Waals surface area (Å²) in [5.41, 5.74) is 0. The van der Waals surface area contributed by atoms with Gasteiger partial charge in [-0.1, -0.05) is 6.07 Å². The van der Waals surface area contributed by atoms with E-state index < -0.39 is 20.0 Å². The molecular weight excluding hydrogens is 386 g/mol. The van der Waals surface area contributed by atoms with E-state index in [1.807, 2.05) is 0 Å². The van der Waals surface area contributed by atoms with Crippen molar-refractivity contribution in [3.63, 3.8) is 0 Å². The molecule has 2 aliphatic rings. The van der Waals surface area contributed by atoms with E-state index in [4.69, 9.17) is 4.74 Å². The second-order valence-electron chi connectivity index (χ2n) is 6.24. The van der Waals surface area contributed by atoms with Crippen LogP contribution in [0, 0.1) is 0 Å². The topological polar surface area (TPSA) is 87.2 Å². The van der Waals surface area contributed by atoms with E-state index in [-0.39, 0.29) is 19.1 Å². The van der Waals surface area contributed by atoms with Crippen LogP contribution in [0.15, 0.2) is 21.7 Å². The molecule has 0 aliphatic carbocycles. The molecule has 0 unspecified atom stereocenters. The molecule has 25 heavy (non-hydrogen) atoms. The Morgan fingerprint density at radius 2 is 1.92 bits per heavy atom. The minimum Gasteiger partial charge on any atom is -0.379 e. The molecule has 8 nitrogen and oxygen atoms in total. The fraction of sp³-hybridized carbons (Fsp3) is 0.714. The molecule has 1 aromatic heterocycles. The average Bonchev–Trinajstić information content (AvgIpc) is 3.04. The van der Waals surface area contributed by atoms with Crippen molar-refractivity contribution >= 4 is 31.4 Å². The van der Waals surface area contributed by atoms with Gasteiger partial charge in [0.25, 0.3) is 10.0 Å². The summed E-state index contributed by atoms with van der Waals surface area (Å²) in [6.07, 6.45) is 1.18. The number of thiophene rings is 1. The predicted molar refractivity (Wildman–Crippen MR) is 95.7 cm³/mol. The maximum Gasteiger partial charge on any atom is 0.252 e. The third-order valence-corrected chi connectivity index (χ3v) is 9.03. The molecule has 11 heteroatoms. The number of sulfonamides is 2. The Hall–Kier alpha value is -0.560. The van der Waals surface area contributed by atoms with E-state index in [0.717, 1.165) is 13.1 Å². The number of ether oxygens (including phenoxy) is 1. The smallest absolute Gasteiger partial charge is 0.252 e. The largest absolute Gasteiger partial charge is 0.379 e. The molecule has 0 N–H and O–H groups in total. The molecule has 0 saturated carbocycles. The van der Waals surface area contributed by atoms with Crippen molar-refractivity contribution in [1.82, 2.24) is 13.5 Å². The normalized spacial score (nSPS) is 21.5. The molecule has 0 bridgehead atoms. The summed E-state index contributed by atoms with van der Waals surface area (Å²) in [6.45, 7) is 4.32. The molecule has 1 aromatic rings. The summed E-state index contributed by atoms with van der Waals surface area (Å²) >= 11 is 1.17. The molecule has 142 valence electrons. The lowest BCUT2D eigenvalue weighted by molar-refractivity contribution is 0.0330. The average molecular weight is 410 g/mol. The third-order valence-electron chi connectivity index (χ3n) is 4.49. The lowest BCUT2D eigenvalue weighted by atomic mass is 10.2. The summed E-state index contributed by atoms with van der Waals surface area (Å²) in [4.78, 5) is 2.17. The summed E-state index contributed by atoms with van der Waals surface area (Å²) in [5.74, 6) is 0. The molecule has 0 aromatic carbocycles. The van der Waals surface area contributed by atoms with Crippen molar-refractivity contribution in [3.8, 4) is 0 Å². The Labute approximate surface area is 153 Å². The maximum absolute atomic E-state index is 12.4. The molecule has 0 radical (unpaired) electrons. The molecule has 2 aliphatic heterocycles. The molecule has 3 rings (SSSR count). The minimum absolute atomic E-state index is 0.205. The van der Waals surface area contributed by atoms with Gasteiger partial charge in [-0.25, -0.2) is 16.8 Å². The van der Waals surface area contributed by atoms with Gasteiger partial charge in [-0.15, -0.1) is 11.3 Å². The van der Waals surface area contributed by atoms with E-state index in [1.54, 1.807) is 17.5 Å². The lowest BCUT2D eigenvalue weighted by Crippen LogP contribution is -2.62. The van der Waals surface area contributed by atoms with Crippen LogP contribution in [0.1, 0.15) is 0 Å². The first kappa shape index (κ1) is 19.2. The van der Waals surface area contributed by atoms with Crippen molar-refractivity contribution in [3.05, 3.63) is 17.5 Å². The maximum atomic E-state index is 12.4. The zero-order valence-corrected chi connectivity index (χ0v) is 16.5. The summed E-state index contributed by atoms with van der Waals surface area (Å²) in [7, 11) is -6.89. The van der Waals surface area contributed by atoms with Crippen molar-refractivity contribution < 1.29 is 21.6 Å². The highest BCUT2D eigenvalue weighted by Gasteiger charge is 2.42. The van der Waals surface area contributed by atoms with Crippen LogP contribution in [0.5, 0.6) is 0 Å². The van der Waals surface area contributed by atoms with E-state index in [2.05, 4.69) is 4.90 Å². The molecule has 0 atom stereocenters. The quantitative estimate of drug-likeness (QED) is 0.615. The first-order valence-electron chi connectivity index (χ1n) is 8.09. The molecule has 2 saturated heterocycles. The Morgan fingerprint density at radius 1 is 1.24 bits per heavy atom. The van der Waals surface area contributed by atoms with Gasteiger partial charge in [0.15, 0.2) is 0 Å². The second kappa shape index (κ2) is 7.59. The Morgan fingerprint density at radius 3 is 2.48 bits per heavy atom. The first-order chi connectivity index (χ1) is 11.8. The molecule has 0 amide bonds. The summed E-state index contributed by atoms with van der Waals surface area (Å²) < 4.78 is 57.5. The van der Waals surface area contributed by atoms with Gasteiger partial charge >= 0.3 is 0 Å². The Balaban J connectivity index is 1.60. The molecule has 2 fully saturated rings. The van der Waals surface area contributed by atoms with Gasteiger partial charge in [0, 0.05) is 39.3 Å². The zero-order valence-electron chi connectivity index (χ0n) is 14.1. The van der Waals surface area contributed by atoms with E-state index in [1.165, 1.54) is 26.2 Å². The lowest BCUT2D eigenvalue weighted by Gasteiger charge is -2.43. The van der Waals surface area contributed by atoms with E-state index in [0.29, 0.717) is 30.5 Å². The molecule has 0 spiro atoms. The van der Waals surface area contributed by atoms with Gasteiger partial charge in [-0.3, -0.25) is 4.90 Å². The summed E-state index contributed by atoms with van der Waals surface area (Å²) in [6, 6.07) is 2.96.